The maximum Gasteiger partial charge on any atom is 0.306 e. The lowest BCUT2D eigenvalue weighted by Crippen LogP contribution is -2.48. The maximum absolute atomic E-state index is 11.0. The first kappa shape index (κ1) is 12.6. The van der Waals surface area contributed by atoms with Gasteiger partial charge in [0.05, 0.1) is 19.1 Å². The van der Waals surface area contributed by atoms with Crippen LogP contribution in [0.3, 0.4) is 0 Å². The first-order chi connectivity index (χ1) is 8.05. The first-order valence-corrected chi connectivity index (χ1v) is 6.40. The van der Waals surface area contributed by atoms with Crippen LogP contribution in [0.1, 0.15) is 18.9 Å². The van der Waals surface area contributed by atoms with Gasteiger partial charge in [0, 0.05) is 9.89 Å². The van der Waals surface area contributed by atoms with E-state index < -0.39 is 5.97 Å². The van der Waals surface area contributed by atoms with Crippen LogP contribution in [0.15, 0.2) is 28.7 Å². The fraction of sp³-hybridized carbons (Fsp3) is 0.462. The summed E-state index contributed by atoms with van der Waals surface area (Å²) < 4.78 is 6.34. The van der Waals surface area contributed by atoms with Gasteiger partial charge in [0.15, 0.2) is 0 Å². The summed E-state index contributed by atoms with van der Waals surface area (Å²) in [6.07, 6.45) is 0.616. The Labute approximate surface area is 109 Å². The van der Waals surface area contributed by atoms with Gasteiger partial charge in [-0.25, -0.2) is 0 Å². The van der Waals surface area contributed by atoms with Crippen LogP contribution in [0.4, 0.5) is 0 Å². The molecule has 92 valence electrons. The lowest BCUT2D eigenvalue weighted by atomic mass is 9.72. The molecule has 1 aromatic carbocycles. The van der Waals surface area contributed by atoms with Crippen molar-refractivity contribution in [2.24, 2.45) is 5.92 Å². The number of halogens is 1. The Kier molecular flexibility index (Phi) is 3.54. The highest BCUT2D eigenvalue weighted by atomic mass is 79.9. The van der Waals surface area contributed by atoms with Crippen LogP contribution in [-0.4, -0.2) is 24.3 Å². The van der Waals surface area contributed by atoms with Gasteiger partial charge < -0.3 is 9.84 Å². The van der Waals surface area contributed by atoms with Crippen molar-refractivity contribution < 1.29 is 14.6 Å². The molecular weight excluding hydrogens is 284 g/mol. The second-order valence-corrected chi connectivity index (χ2v) is 5.55. The topological polar surface area (TPSA) is 46.5 Å². The van der Waals surface area contributed by atoms with Crippen LogP contribution in [0.2, 0.25) is 0 Å². The summed E-state index contributed by atoms with van der Waals surface area (Å²) in [6.45, 7) is 2.96. The zero-order valence-electron chi connectivity index (χ0n) is 9.65. The number of hydrogen-bond donors (Lipinski definition) is 1. The van der Waals surface area contributed by atoms with Crippen LogP contribution < -0.4 is 0 Å². The number of ether oxygens (including phenoxy) is 1. The van der Waals surface area contributed by atoms with Gasteiger partial charge in [0.25, 0.3) is 0 Å². The van der Waals surface area contributed by atoms with E-state index in [1.54, 1.807) is 6.92 Å². The minimum absolute atomic E-state index is 0.141. The van der Waals surface area contributed by atoms with Crippen LogP contribution in [-0.2, 0) is 14.9 Å². The second kappa shape index (κ2) is 4.78. The fourth-order valence-corrected chi connectivity index (χ4v) is 3.00. The Bertz CT molecular complexity index is 426. The molecule has 3 nitrogen and oxygen atoms in total. The zero-order chi connectivity index (χ0) is 12.5. The predicted octanol–water partition coefficient (Wildman–Crippen LogP) is 2.83. The van der Waals surface area contributed by atoms with Crippen LogP contribution >= 0.6 is 15.9 Å². The molecule has 1 saturated heterocycles. The lowest BCUT2D eigenvalue weighted by Gasteiger charge is -2.43. The molecule has 0 spiro atoms. The van der Waals surface area contributed by atoms with Crippen molar-refractivity contribution in [2.75, 3.05) is 13.2 Å². The van der Waals surface area contributed by atoms with Crippen molar-refractivity contribution in [3.63, 3.8) is 0 Å². The highest BCUT2D eigenvalue weighted by molar-refractivity contribution is 9.10. The van der Waals surface area contributed by atoms with Gasteiger partial charge in [-0.2, -0.15) is 0 Å². The summed E-state index contributed by atoms with van der Waals surface area (Å²) in [5.41, 5.74) is 1.01. The van der Waals surface area contributed by atoms with E-state index in [9.17, 15) is 4.79 Å². The maximum atomic E-state index is 11.0. The summed E-state index contributed by atoms with van der Waals surface area (Å²) in [5.74, 6) is -1.10. The van der Waals surface area contributed by atoms with Crippen molar-refractivity contribution >= 4 is 21.9 Å². The fourth-order valence-electron chi connectivity index (χ4n) is 2.30. The molecule has 0 aromatic heterocycles. The van der Waals surface area contributed by atoms with Gasteiger partial charge in [0.1, 0.15) is 0 Å². The molecule has 1 atom stereocenters. The normalized spacial score (nSPS) is 19.4. The monoisotopic (exact) mass is 298 g/mol. The molecule has 1 N–H and O–H groups in total. The largest absolute Gasteiger partial charge is 0.481 e. The van der Waals surface area contributed by atoms with E-state index in [2.05, 4.69) is 15.9 Å². The predicted molar refractivity (Wildman–Crippen MR) is 68.1 cm³/mol. The molecule has 17 heavy (non-hydrogen) atoms. The van der Waals surface area contributed by atoms with Gasteiger partial charge in [-0.15, -0.1) is 0 Å². The second-order valence-electron chi connectivity index (χ2n) is 4.70. The molecule has 1 fully saturated rings. The van der Waals surface area contributed by atoms with Gasteiger partial charge in [-0.3, -0.25) is 4.79 Å². The highest BCUT2D eigenvalue weighted by Crippen LogP contribution is 2.41. The van der Waals surface area contributed by atoms with E-state index in [-0.39, 0.29) is 11.3 Å². The number of carboxylic acids is 1. The van der Waals surface area contributed by atoms with Gasteiger partial charge in [-0.1, -0.05) is 41.1 Å². The molecule has 1 unspecified atom stereocenters. The van der Waals surface area contributed by atoms with Gasteiger partial charge in [-0.05, 0) is 18.1 Å². The Morgan fingerprint density at radius 3 is 2.65 bits per heavy atom. The molecule has 0 saturated carbocycles. The number of carboxylic acid groups (broad SMARTS) is 1. The molecule has 2 rings (SSSR count). The van der Waals surface area contributed by atoms with E-state index in [4.69, 9.17) is 9.84 Å². The molecule has 4 heteroatoms. The lowest BCUT2D eigenvalue weighted by molar-refractivity contribution is -0.144. The van der Waals surface area contributed by atoms with Crippen molar-refractivity contribution in [3.8, 4) is 0 Å². The minimum Gasteiger partial charge on any atom is -0.481 e. The first-order valence-electron chi connectivity index (χ1n) is 5.61. The average Bonchev–Trinajstić information content (AvgIpc) is 2.24. The van der Waals surface area contributed by atoms with E-state index in [1.165, 1.54) is 0 Å². The molecule has 1 aliphatic heterocycles. The zero-order valence-corrected chi connectivity index (χ0v) is 11.2. The molecule has 0 amide bonds. The van der Waals surface area contributed by atoms with Crippen molar-refractivity contribution in [3.05, 3.63) is 34.3 Å². The van der Waals surface area contributed by atoms with Crippen molar-refractivity contribution in [2.45, 2.75) is 18.8 Å². The van der Waals surface area contributed by atoms with E-state index >= 15 is 0 Å². The molecule has 1 aliphatic rings. The third-order valence-electron chi connectivity index (χ3n) is 3.32. The molecule has 0 aliphatic carbocycles. The van der Waals surface area contributed by atoms with Crippen molar-refractivity contribution in [1.82, 2.24) is 0 Å². The third kappa shape index (κ3) is 2.38. The highest BCUT2D eigenvalue weighted by Gasteiger charge is 2.43. The van der Waals surface area contributed by atoms with Crippen LogP contribution in [0.5, 0.6) is 0 Å². The number of rotatable bonds is 4. The summed E-state index contributed by atoms with van der Waals surface area (Å²) in [5, 5.41) is 9.03. The Morgan fingerprint density at radius 1 is 1.53 bits per heavy atom. The SMILES string of the molecule is CC(CC1(c2ccccc2Br)COC1)C(=O)O. The Hall–Kier alpha value is -0.870. The summed E-state index contributed by atoms with van der Waals surface area (Å²) >= 11 is 3.53. The Morgan fingerprint density at radius 2 is 2.18 bits per heavy atom. The average molecular weight is 299 g/mol. The summed E-state index contributed by atoms with van der Waals surface area (Å²) in [6, 6.07) is 7.97. The minimum atomic E-state index is -0.747. The number of carbonyl (C=O) groups is 1. The van der Waals surface area contributed by atoms with Gasteiger partial charge >= 0.3 is 5.97 Å². The molecule has 0 radical (unpaired) electrons. The third-order valence-corrected chi connectivity index (χ3v) is 4.01. The summed E-state index contributed by atoms with van der Waals surface area (Å²) in [4.78, 5) is 11.0. The summed E-state index contributed by atoms with van der Waals surface area (Å²) in [7, 11) is 0. The molecular formula is C13H15BrO3. The van der Waals surface area contributed by atoms with Crippen molar-refractivity contribution in [1.29, 1.82) is 0 Å². The quantitative estimate of drug-likeness (QED) is 0.930. The Balaban J connectivity index is 2.26. The van der Waals surface area contributed by atoms with E-state index in [0.717, 1.165) is 10.0 Å². The molecule has 1 heterocycles. The standard InChI is InChI=1S/C13H15BrO3/c1-9(12(15)16)6-13(7-17-8-13)10-4-2-3-5-11(10)14/h2-5,9H,6-8H2,1H3,(H,15,16). The molecule has 0 bridgehead atoms. The smallest absolute Gasteiger partial charge is 0.306 e. The molecule has 1 aromatic rings. The van der Waals surface area contributed by atoms with Gasteiger partial charge in [0.2, 0.25) is 0 Å². The van der Waals surface area contributed by atoms with E-state index in [1.807, 2.05) is 24.3 Å². The number of benzene rings is 1. The van der Waals surface area contributed by atoms with Crippen LogP contribution in [0.25, 0.3) is 0 Å². The van der Waals surface area contributed by atoms with E-state index in [0.29, 0.717) is 19.6 Å². The number of aliphatic carboxylic acids is 1. The number of hydrogen-bond acceptors (Lipinski definition) is 2. The van der Waals surface area contributed by atoms with Crippen LogP contribution in [0, 0.1) is 5.92 Å².